The molecule has 2 unspecified atom stereocenters. The van der Waals surface area contributed by atoms with Gasteiger partial charge in [-0.15, -0.1) is 0 Å². The first-order valence-electron chi connectivity index (χ1n) is 26.5. The second kappa shape index (κ2) is 52.7. The Labute approximate surface area is 385 Å². The zero-order valence-electron chi connectivity index (χ0n) is 40.9. The van der Waals surface area contributed by atoms with Crippen LogP contribution in [0.25, 0.3) is 0 Å². The van der Waals surface area contributed by atoms with E-state index in [1.54, 1.807) is 6.08 Å². The average Bonchev–Trinajstić information content (AvgIpc) is 3.28. The summed E-state index contributed by atoms with van der Waals surface area (Å²) in [6.07, 6.45) is 78.4. The molecule has 2 atom stereocenters. The molecular formula is C58H101NO3. The second-order valence-corrected chi connectivity index (χ2v) is 17.6. The first-order valence-corrected chi connectivity index (χ1v) is 26.5. The average molecular weight is 860 g/mol. The van der Waals surface area contributed by atoms with Crippen LogP contribution in [0, 0.1) is 0 Å². The number of carbonyl (C=O) groups excluding carboxylic acids is 1. The lowest BCUT2D eigenvalue weighted by atomic mass is 10.0. The van der Waals surface area contributed by atoms with Crippen molar-refractivity contribution in [2.45, 2.75) is 257 Å². The molecule has 1 amide bonds. The Morgan fingerprint density at radius 1 is 0.403 bits per heavy atom. The van der Waals surface area contributed by atoms with E-state index in [1.165, 1.54) is 154 Å². The molecule has 0 aromatic heterocycles. The molecule has 0 aromatic rings. The summed E-state index contributed by atoms with van der Waals surface area (Å²) < 4.78 is 0. The molecule has 0 heterocycles. The van der Waals surface area contributed by atoms with Crippen LogP contribution in [0.5, 0.6) is 0 Å². The molecule has 0 saturated heterocycles. The Kier molecular flexibility index (Phi) is 50.4. The quantitative estimate of drug-likeness (QED) is 0.0422. The van der Waals surface area contributed by atoms with Crippen molar-refractivity contribution in [2.24, 2.45) is 0 Å². The minimum absolute atomic E-state index is 0.123. The van der Waals surface area contributed by atoms with E-state index in [2.05, 4.69) is 104 Å². The van der Waals surface area contributed by atoms with Crippen LogP contribution >= 0.6 is 0 Å². The van der Waals surface area contributed by atoms with Gasteiger partial charge < -0.3 is 15.5 Å². The largest absolute Gasteiger partial charge is 0.394 e. The van der Waals surface area contributed by atoms with E-state index in [0.29, 0.717) is 6.42 Å². The molecule has 4 nitrogen and oxygen atoms in total. The molecule has 62 heavy (non-hydrogen) atoms. The highest BCUT2D eigenvalue weighted by Gasteiger charge is 2.17. The molecule has 0 spiro atoms. The van der Waals surface area contributed by atoms with Gasteiger partial charge in [0.1, 0.15) is 0 Å². The van der Waals surface area contributed by atoms with Crippen molar-refractivity contribution in [1.82, 2.24) is 5.32 Å². The highest BCUT2D eigenvalue weighted by Crippen LogP contribution is 2.16. The Bertz CT molecular complexity index is 1160. The Morgan fingerprint density at radius 2 is 0.710 bits per heavy atom. The molecule has 356 valence electrons. The Morgan fingerprint density at radius 3 is 1.05 bits per heavy atom. The van der Waals surface area contributed by atoms with Gasteiger partial charge in [0.2, 0.25) is 5.91 Å². The van der Waals surface area contributed by atoms with Crippen molar-refractivity contribution in [3.8, 4) is 0 Å². The van der Waals surface area contributed by atoms with Crippen LogP contribution in [-0.2, 0) is 4.79 Å². The number of aliphatic hydroxyl groups is 2. The minimum Gasteiger partial charge on any atom is -0.394 e. The number of unbranched alkanes of at least 4 members (excludes halogenated alkanes) is 26. The molecule has 0 fully saturated rings. The van der Waals surface area contributed by atoms with E-state index < -0.39 is 12.1 Å². The lowest BCUT2D eigenvalue weighted by Gasteiger charge is -2.19. The third kappa shape index (κ3) is 48.3. The molecule has 0 radical (unpaired) electrons. The van der Waals surface area contributed by atoms with E-state index in [0.717, 1.165) is 70.6 Å². The van der Waals surface area contributed by atoms with Crippen molar-refractivity contribution < 1.29 is 15.0 Å². The van der Waals surface area contributed by atoms with Gasteiger partial charge in [0.25, 0.3) is 0 Å². The van der Waals surface area contributed by atoms with Crippen LogP contribution in [0.4, 0.5) is 0 Å². The highest BCUT2D eigenvalue weighted by molar-refractivity contribution is 5.76. The van der Waals surface area contributed by atoms with Crippen LogP contribution in [0.2, 0.25) is 0 Å². The zero-order chi connectivity index (χ0) is 44.9. The number of amides is 1. The van der Waals surface area contributed by atoms with Gasteiger partial charge in [0.05, 0.1) is 18.8 Å². The first-order chi connectivity index (χ1) is 30.7. The second-order valence-electron chi connectivity index (χ2n) is 17.6. The maximum atomic E-state index is 12.4. The summed E-state index contributed by atoms with van der Waals surface area (Å²) in [4.78, 5) is 12.4. The number of allylic oxidation sites excluding steroid dienone is 15. The number of nitrogens with one attached hydrogen (secondary N) is 1. The lowest BCUT2D eigenvalue weighted by molar-refractivity contribution is -0.122. The van der Waals surface area contributed by atoms with Gasteiger partial charge in [-0.3, -0.25) is 4.79 Å². The van der Waals surface area contributed by atoms with Gasteiger partial charge in [-0.05, 0) is 70.6 Å². The SMILES string of the molecule is CC/C=C\C/C=C\C/C=C\C/C=C\C/C=C\C/C=C\C/C=C\CCCC(=O)NC(CO)C(O)/C=C/CCCCCCCCCCCCCCCCCCCCCCCCCCC. The van der Waals surface area contributed by atoms with Crippen LogP contribution in [0.1, 0.15) is 245 Å². The molecule has 0 saturated carbocycles. The fraction of sp³-hybridized carbons (Fsp3) is 0.707. The zero-order valence-corrected chi connectivity index (χ0v) is 40.9. The van der Waals surface area contributed by atoms with Gasteiger partial charge in [-0.25, -0.2) is 0 Å². The number of aliphatic hydroxyl groups excluding tert-OH is 2. The standard InChI is InChI=1S/C58H101NO3/c1-3-5-7-9-11-13-15-17-19-21-23-25-27-28-29-30-32-33-35-37-39-41-43-45-47-49-51-53-57(61)56(55-60)59-58(62)54-52-50-48-46-44-42-40-38-36-34-31-26-24-22-20-18-16-14-12-10-8-6-4-2/h6,8,12,14,18,20,24,26,34,36,40,42,46,48,51,53,56-57,60-61H,3-5,7,9-11,13,15-17,19,21-23,25,27-33,35,37-39,41,43-45,47,49-50,52,54-55H2,1-2H3,(H,59,62)/b8-6-,14-12-,20-18-,26-24-,36-34-,42-40-,48-46-,53-51+. The molecule has 0 aromatic carbocycles. The van der Waals surface area contributed by atoms with Gasteiger partial charge >= 0.3 is 0 Å². The van der Waals surface area contributed by atoms with Crippen molar-refractivity contribution in [3.63, 3.8) is 0 Å². The van der Waals surface area contributed by atoms with Crippen molar-refractivity contribution in [3.05, 3.63) is 97.2 Å². The lowest BCUT2D eigenvalue weighted by Crippen LogP contribution is -2.45. The molecule has 4 heteroatoms. The summed E-state index contributed by atoms with van der Waals surface area (Å²) in [7, 11) is 0. The number of carbonyl (C=O) groups is 1. The van der Waals surface area contributed by atoms with E-state index in [-0.39, 0.29) is 12.5 Å². The van der Waals surface area contributed by atoms with Crippen LogP contribution in [0.15, 0.2) is 97.2 Å². The topological polar surface area (TPSA) is 69.6 Å². The van der Waals surface area contributed by atoms with Gasteiger partial charge in [-0.1, -0.05) is 265 Å². The fourth-order valence-corrected chi connectivity index (χ4v) is 7.58. The summed E-state index contributed by atoms with van der Waals surface area (Å²) in [5.74, 6) is -0.123. The van der Waals surface area contributed by atoms with E-state index in [9.17, 15) is 15.0 Å². The molecule has 3 N–H and O–H groups in total. The third-order valence-corrected chi connectivity index (χ3v) is 11.6. The van der Waals surface area contributed by atoms with E-state index in [1.807, 2.05) is 6.08 Å². The van der Waals surface area contributed by atoms with Gasteiger partial charge in [-0.2, -0.15) is 0 Å². The summed E-state index contributed by atoms with van der Waals surface area (Å²) in [6, 6.07) is -0.661. The monoisotopic (exact) mass is 860 g/mol. The highest BCUT2D eigenvalue weighted by atomic mass is 16.3. The smallest absolute Gasteiger partial charge is 0.220 e. The van der Waals surface area contributed by atoms with Gasteiger partial charge in [0, 0.05) is 6.42 Å². The summed E-state index contributed by atoms with van der Waals surface area (Å²) in [5.41, 5.74) is 0. The molecule has 0 bridgehead atoms. The summed E-state index contributed by atoms with van der Waals surface area (Å²) >= 11 is 0. The maximum Gasteiger partial charge on any atom is 0.220 e. The van der Waals surface area contributed by atoms with E-state index in [4.69, 9.17) is 0 Å². The van der Waals surface area contributed by atoms with E-state index >= 15 is 0 Å². The maximum absolute atomic E-state index is 12.4. The predicted molar refractivity (Wildman–Crippen MR) is 276 cm³/mol. The van der Waals surface area contributed by atoms with Crippen molar-refractivity contribution in [1.29, 1.82) is 0 Å². The predicted octanol–water partition coefficient (Wildman–Crippen LogP) is 17.4. The molecular weight excluding hydrogens is 759 g/mol. The number of hydrogen-bond acceptors (Lipinski definition) is 3. The first kappa shape index (κ1) is 59.3. The van der Waals surface area contributed by atoms with Crippen LogP contribution in [0.3, 0.4) is 0 Å². The summed E-state index contributed by atoms with van der Waals surface area (Å²) in [6.45, 7) is 4.18. The minimum atomic E-state index is -0.871. The Hall–Kier alpha value is -2.69. The van der Waals surface area contributed by atoms with Gasteiger partial charge in [0.15, 0.2) is 0 Å². The molecule has 0 aliphatic heterocycles. The molecule has 0 aliphatic carbocycles. The van der Waals surface area contributed by atoms with Crippen molar-refractivity contribution in [2.75, 3.05) is 6.61 Å². The number of rotatable bonds is 47. The third-order valence-electron chi connectivity index (χ3n) is 11.6. The van der Waals surface area contributed by atoms with Crippen LogP contribution in [-0.4, -0.2) is 34.9 Å². The summed E-state index contributed by atoms with van der Waals surface area (Å²) in [5, 5.41) is 23.1. The number of hydrogen-bond donors (Lipinski definition) is 3. The van der Waals surface area contributed by atoms with Crippen molar-refractivity contribution >= 4 is 5.91 Å². The Balaban J connectivity index is 3.63. The van der Waals surface area contributed by atoms with Crippen LogP contribution < -0.4 is 5.32 Å². The molecule has 0 rings (SSSR count). The fourth-order valence-electron chi connectivity index (χ4n) is 7.58. The molecule has 0 aliphatic rings. The normalized spacial score (nSPS) is 13.7.